The first-order valence-corrected chi connectivity index (χ1v) is 5.69. The van der Waals surface area contributed by atoms with Gasteiger partial charge in [0.05, 0.1) is 11.6 Å². The fourth-order valence-electron chi connectivity index (χ4n) is 1.93. The van der Waals surface area contributed by atoms with E-state index < -0.39 is 0 Å². The molecule has 4 heteroatoms. The van der Waals surface area contributed by atoms with E-state index in [9.17, 15) is 0 Å². The van der Waals surface area contributed by atoms with Gasteiger partial charge in [-0.05, 0) is 26.0 Å². The Hall–Kier alpha value is -0.510. The zero-order valence-corrected chi connectivity index (χ0v) is 9.64. The highest BCUT2D eigenvalue weighted by molar-refractivity contribution is 6.31. The van der Waals surface area contributed by atoms with Gasteiger partial charge in [0.15, 0.2) is 0 Å². The molecule has 84 valence electrons. The van der Waals surface area contributed by atoms with Crippen LogP contribution in [0.4, 0.5) is 0 Å². The zero-order valence-electron chi connectivity index (χ0n) is 8.88. The summed E-state index contributed by atoms with van der Waals surface area (Å²) in [6, 6.07) is 1.91. The molecule has 15 heavy (non-hydrogen) atoms. The number of nitrogens with one attached hydrogen (secondary N) is 1. The zero-order chi connectivity index (χ0) is 10.7. The third kappa shape index (κ3) is 2.54. The molecular formula is C11H16ClNO2. The van der Waals surface area contributed by atoms with E-state index in [-0.39, 0.29) is 0 Å². The number of hydrogen-bond acceptors (Lipinski definition) is 3. The Kier molecular flexibility index (Phi) is 3.67. The summed E-state index contributed by atoms with van der Waals surface area (Å²) in [5.41, 5.74) is 0. The van der Waals surface area contributed by atoms with Crippen LogP contribution >= 0.6 is 11.6 Å². The molecule has 1 fully saturated rings. The largest absolute Gasteiger partial charge is 0.463 e. The van der Waals surface area contributed by atoms with E-state index in [1.54, 1.807) is 0 Å². The van der Waals surface area contributed by atoms with Crippen LogP contribution in [0, 0.1) is 0 Å². The molecule has 2 heterocycles. The molecule has 1 N–H and O–H groups in total. The maximum Gasteiger partial charge on any atom is 0.126 e. The number of ether oxygens (including phenoxy) is 1. The molecule has 0 amide bonds. The molecule has 1 aromatic rings. The van der Waals surface area contributed by atoms with E-state index in [0.717, 1.165) is 49.1 Å². The van der Waals surface area contributed by atoms with E-state index in [4.69, 9.17) is 20.8 Å². The van der Waals surface area contributed by atoms with Crippen molar-refractivity contribution in [3.8, 4) is 0 Å². The third-order valence-electron chi connectivity index (χ3n) is 2.71. The molecule has 0 unspecified atom stereocenters. The second kappa shape index (κ2) is 5.01. The van der Waals surface area contributed by atoms with Gasteiger partial charge in [0, 0.05) is 19.1 Å². The molecule has 3 nitrogen and oxygen atoms in total. The van der Waals surface area contributed by atoms with Gasteiger partial charge in [-0.3, -0.25) is 0 Å². The van der Waals surface area contributed by atoms with Gasteiger partial charge in [0.25, 0.3) is 0 Å². The minimum Gasteiger partial charge on any atom is -0.463 e. The van der Waals surface area contributed by atoms with Crippen molar-refractivity contribution in [2.75, 3.05) is 20.3 Å². The molecule has 0 spiro atoms. The van der Waals surface area contributed by atoms with Crippen molar-refractivity contribution >= 4 is 11.6 Å². The van der Waals surface area contributed by atoms with Gasteiger partial charge in [0.2, 0.25) is 0 Å². The van der Waals surface area contributed by atoms with Crippen LogP contribution in [-0.2, 0) is 11.3 Å². The lowest BCUT2D eigenvalue weighted by Gasteiger charge is -2.20. The van der Waals surface area contributed by atoms with E-state index in [0.29, 0.717) is 5.92 Å². The molecule has 1 aliphatic heterocycles. The van der Waals surface area contributed by atoms with Crippen LogP contribution in [-0.4, -0.2) is 20.3 Å². The molecule has 0 aromatic carbocycles. The Morgan fingerprint density at radius 2 is 2.20 bits per heavy atom. The number of furan rings is 1. The van der Waals surface area contributed by atoms with Crippen molar-refractivity contribution in [3.63, 3.8) is 0 Å². The number of halogens is 1. The van der Waals surface area contributed by atoms with Gasteiger partial charge in [-0.15, -0.1) is 0 Å². The number of hydrogen-bond donors (Lipinski definition) is 1. The Morgan fingerprint density at radius 1 is 1.47 bits per heavy atom. The van der Waals surface area contributed by atoms with Crippen LogP contribution < -0.4 is 5.32 Å². The van der Waals surface area contributed by atoms with Crippen LogP contribution in [0.5, 0.6) is 0 Å². The van der Waals surface area contributed by atoms with Gasteiger partial charge < -0.3 is 14.5 Å². The summed E-state index contributed by atoms with van der Waals surface area (Å²) < 4.78 is 11.1. The first-order chi connectivity index (χ1) is 7.31. The van der Waals surface area contributed by atoms with Crippen LogP contribution in [0.2, 0.25) is 5.02 Å². The van der Waals surface area contributed by atoms with Crippen molar-refractivity contribution in [1.29, 1.82) is 0 Å². The summed E-state index contributed by atoms with van der Waals surface area (Å²) in [4.78, 5) is 0. The van der Waals surface area contributed by atoms with Crippen LogP contribution in [0.1, 0.15) is 30.3 Å². The normalized spacial score (nSPS) is 18.3. The summed E-state index contributed by atoms with van der Waals surface area (Å²) in [6.45, 7) is 2.34. The molecule has 2 rings (SSSR count). The lowest BCUT2D eigenvalue weighted by molar-refractivity contribution is 0.0804. The second-order valence-corrected chi connectivity index (χ2v) is 4.25. The molecule has 0 saturated carbocycles. The highest BCUT2D eigenvalue weighted by Gasteiger charge is 2.22. The summed E-state index contributed by atoms with van der Waals surface area (Å²) in [7, 11) is 1.89. The van der Waals surface area contributed by atoms with E-state index in [1.807, 2.05) is 13.1 Å². The Balaban J connectivity index is 2.11. The quantitative estimate of drug-likeness (QED) is 0.865. The molecule has 0 atom stereocenters. The Bertz CT molecular complexity index is 318. The first-order valence-electron chi connectivity index (χ1n) is 5.31. The summed E-state index contributed by atoms with van der Waals surface area (Å²) in [5.74, 6) is 2.27. The van der Waals surface area contributed by atoms with Gasteiger partial charge >= 0.3 is 0 Å². The Morgan fingerprint density at radius 3 is 2.87 bits per heavy atom. The second-order valence-electron chi connectivity index (χ2n) is 3.84. The van der Waals surface area contributed by atoms with Crippen molar-refractivity contribution in [2.24, 2.45) is 0 Å². The van der Waals surface area contributed by atoms with Gasteiger partial charge in [-0.25, -0.2) is 0 Å². The van der Waals surface area contributed by atoms with Gasteiger partial charge in [-0.2, -0.15) is 0 Å². The molecular weight excluding hydrogens is 214 g/mol. The molecule has 1 aliphatic rings. The van der Waals surface area contributed by atoms with Crippen molar-refractivity contribution < 1.29 is 9.15 Å². The lowest BCUT2D eigenvalue weighted by atomic mass is 9.98. The summed E-state index contributed by atoms with van der Waals surface area (Å²) in [6.07, 6.45) is 2.01. The maximum atomic E-state index is 6.15. The maximum absolute atomic E-state index is 6.15. The predicted molar refractivity (Wildman–Crippen MR) is 59.3 cm³/mol. The smallest absolute Gasteiger partial charge is 0.126 e. The minimum absolute atomic E-state index is 0.428. The molecule has 0 radical (unpaired) electrons. The average Bonchev–Trinajstić information content (AvgIpc) is 2.61. The highest BCUT2D eigenvalue weighted by Crippen LogP contribution is 2.34. The summed E-state index contributed by atoms with van der Waals surface area (Å²) in [5, 5.41) is 3.81. The highest BCUT2D eigenvalue weighted by atomic mass is 35.5. The molecule has 0 aliphatic carbocycles. The van der Waals surface area contributed by atoms with Crippen molar-refractivity contribution in [3.05, 3.63) is 22.6 Å². The number of rotatable bonds is 3. The lowest BCUT2D eigenvalue weighted by Crippen LogP contribution is -2.13. The van der Waals surface area contributed by atoms with Crippen LogP contribution in [0.3, 0.4) is 0 Å². The van der Waals surface area contributed by atoms with E-state index in [1.165, 1.54) is 0 Å². The van der Waals surface area contributed by atoms with Gasteiger partial charge in [-0.1, -0.05) is 11.6 Å². The molecule has 1 aromatic heterocycles. The fraction of sp³-hybridized carbons (Fsp3) is 0.636. The van der Waals surface area contributed by atoms with Gasteiger partial charge in [0.1, 0.15) is 11.5 Å². The Labute approximate surface area is 94.7 Å². The average molecular weight is 230 g/mol. The first kappa shape index (κ1) is 11.0. The van der Waals surface area contributed by atoms with Crippen molar-refractivity contribution in [2.45, 2.75) is 25.3 Å². The third-order valence-corrected chi connectivity index (χ3v) is 3.00. The SMILES string of the molecule is CNCc1cc(Cl)c(C2CCOCC2)o1. The van der Waals surface area contributed by atoms with Crippen LogP contribution in [0.25, 0.3) is 0 Å². The predicted octanol–water partition coefficient (Wildman–Crippen LogP) is 2.55. The standard InChI is InChI=1S/C11H16ClNO2/c1-13-7-9-6-10(12)11(15-9)8-2-4-14-5-3-8/h6,8,13H,2-5,7H2,1H3. The van der Waals surface area contributed by atoms with Crippen LogP contribution in [0.15, 0.2) is 10.5 Å². The molecule has 1 saturated heterocycles. The topological polar surface area (TPSA) is 34.4 Å². The molecule has 0 bridgehead atoms. The minimum atomic E-state index is 0.428. The fourth-order valence-corrected chi connectivity index (χ4v) is 2.25. The van der Waals surface area contributed by atoms with Crippen molar-refractivity contribution in [1.82, 2.24) is 5.32 Å². The monoisotopic (exact) mass is 229 g/mol. The van der Waals surface area contributed by atoms with E-state index in [2.05, 4.69) is 5.32 Å². The van der Waals surface area contributed by atoms with E-state index >= 15 is 0 Å². The summed E-state index contributed by atoms with van der Waals surface area (Å²) >= 11 is 6.15.